The van der Waals surface area contributed by atoms with Crippen molar-refractivity contribution in [3.05, 3.63) is 23.7 Å². The molecule has 2 N–H and O–H groups in total. The summed E-state index contributed by atoms with van der Waals surface area (Å²) in [5, 5.41) is 5.72. The van der Waals surface area contributed by atoms with Crippen LogP contribution in [-0.2, 0) is 16.1 Å². The van der Waals surface area contributed by atoms with Gasteiger partial charge in [0.1, 0.15) is 12.0 Å². The molecule has 0 aliphatic carbocycles. The molecule has 0 unspecified atom stereocenters. The standard InChI is InChI=1S/C11H16N2O4/c1-8(14)13-4-3-12-6-10-5-9(7-17-10)11(15)16-2/h5,7,12H,3-4,6H2,1-2H3,(H,13,14). The summed E-state index contributed by atoms with van der Waals surface area (Å²) in [5.74, 6) is 0.171. The fourth-order valence-corrected chi connectivity index (χ4v) is 1.24. The van der Waals surface area contributed by atoms with Crippen molar-refractivity contribution in [2.75, 3.05) is 20.2 Å². The van der Waals surface area contributed by atoms with Gasteiger partial charge in [-0.15, -0.1) is 0 Å². The van der Waals surface area contributed by atoms with Crippen LogP contribution in [0.1, 0.15) is 23.0 Å². The largest absolute Gasteiger partial charge is 0.467 e. The molecule has 6 heteroatoms. The van der Waals surface area contributed by atoms with Gasteiger partial charge in [-0.25, -0.2) is 4.79 Å². The molecule has 94 valence electrons. The van der Waals surface area contributed by atoms with Crippen LogP contribution in [0.2, 0.25) is 0 Å². The SMILES string of the molecule is COC(=O)c1coc(CNCCNC(C)=O)c1. The lowest BCUT2D eigenvalue weighted by atomic mass is 10.3. The van der Waals surface area contributed by atoms with Crippen molar-refractivity contribution in [2.45, 2.75) is 13.5 Å². The van der Waals surface area contributed by atoms with Crippen LogP contribution < -0.4 is 10.6 Å². The van der Waals surface area contributed by atoms with Crippen molar-refractivity contribution in [1.29, 1.82) is 0 Å². The molecule has 0 aliphatic rings. The number of amides is 1. The third-order valence-corrected chi connectivity index (χ3v) is 2.05. The van der Waals surface area contributed by atoms with Gasteiger partial charge in [0.05, 0.1) is 19.2 Å². The molecule has 0 fully saturated rings. The van der Waals surface area contributed by atoms with E-state index >= 15 is 0 Å². The number of hydrogen-bond acceptors (Lipinski definition) is 5. The molecule has 0 bridgehead atoms. The third kappa shape index (κ3) is 4.69. The van der Waals surface area contributed by atoms with E-state index in [4.69, 9.17) is 4.42 Å². The number of methoxy groups -OCH3 is 1. The number of furan rings is 1. The molecule has 17 heavy (non-hydrogen) atoms. The van der Waals surface area contributed by atoms with Crippen molar-refractivity contribution in [2.24, 2.45) is 0 Å². The molecule has 1 aromatic heterocycles. The second-order valence-electron chi connectivity index (χ2n) is 3.45. The Morgan fingerprint density at radius 2 is 2.18 bits per heavy atom. The van der Waals surface area contributed by atoms with Crippen LogP contribution in [0.3, 0.4) is 0 Å². The summed E-state index contributed by atoms with van der Waals surface area (Å²) in [5.41, 5.74) is 0.395. The van der Waals surface area contributed by atoms with Gasteiger partial charge < -0.3 is 19.8 Å². The summed E-state index contributed by atoms with van der Waals surface area (Å²) >= 11 is 0. The number of carbonyl (C=O) groups excluding carboxylic acids is 2. The highest BCUT2D eigenvalue weighted by Crippen LogP contribution is 2.08. The molecule has 1 rings (SSSR count). The van der Waals surface area contributed by atoms with E-state index in [1.54, 1.807) is 6.07 Å². The number of ether oxygens (including phenoxy) is 1. The van der Waals surface area contributed by atoms with Crippen LogP contribution in [-0.4, -0.2) is 32.1 Å². The third-order valence-electron chi connectivity index (χ3n) is 2.05. The predicted molar refractivity (Wildman–Crippen MR) is 60.4 cm³/mol. The average Bonchev–Trinajstić information content (AvgIpc) is 2.76. The smallest absolute Gasteiger partial charge is 0.341 e. The molecule has 0 saturated heterocycles. The molecule has 0 atom stereocenters. The maximum Gasteiger partial charge on any atom is 0.341 e. The van der Waals surface area contributed by atoms with Crippen molar-refractivity contribution in [3.63, 3.8) is 0 Å². The molecule has 0 radical (unpaired) electrons. The quantitative estimate of drug-likeness (QED) is 0.552. The fraction of sp³-hybridized carbons (Fsp3) is 0.455. The van der Waals surface area contributed by atoms with E-state index in [-0.39, 0.29) is 5.91 Å². The molecule has 6 nitrogen and oxygen atoms in total. The van der Waals surface area contributed by atoms with Gasteiger partial charge in [0.2, 0.25) is 5.91 Å². The lowest BCUT2D eigenvalue weighted by molar-refractivity contribution is -0.118. The number of nitrogens with one attached hydrogen (secondary N) is 2. The van der Waals surface area contributed by atoms with E-state index in [0.717, 1.165) is 0 Å². The molecule has 1 amide bonds. The Bertz CT molecular complexity index is 387. The van der Waals surface area contributed by atoms with Crippen LogP contribution in [0.4, 0.5) is 0 Å². The van der Waals surface area contributed by atoms with E-state index < -0.39 is 5.97 Å². The Morgan fingerprint density at radius 1 is 1.41 bits per heavy atom. The minimum absolute atomic E-state index is 0.0576. The normalized spacial score (nSPS) is 10.0. The van der Waals surface area contributed by atoms with Crippen molar-refractivity contribution >= 4 is 11.9 Å². The zero-order valence-electron chi connectivity index (χ0n) is 9.91. The summed E-state index contributed by atoms with van der Waals surface area (Å²) in [4.78, 5) is 21.7. The van der Waals surface area contributed by atoms with Gasteiger partial charge in [-0.2, -0.15) is 0 Å². The molecule has 1 heterocycles. The second-order valence-corrected chi connectivity index (χ2v) is 3.45. The Labute approximate surface area is 99.3 Å². The first-order valence-corrected chi connectivity index (χ1v) is 5.24. The molecule has 1 aromatic rings. The van der Waals surface area contributed by atoms with Gasteiger partial charge in [-0.05, 0) is 6.07 Å². The van der Waals surface area contributed by atoms with Gasteiger partial charge in [-0.3, -0.25) is 4.79 Å². The number of rotatable bonds is 6. The summed E-state index contributed by atoms with van der Waals surface area (Å²) in [6.45, 7) is 3.15. The average molecular weight is 240 g/mol. The highest BCUT2D eigenvalue weighted by Gasteiger charge is 2.09. The molecular formula is C11H16N2O4. The zero-order chi connectivity index (χ0) is 12.7. The first kappa shape index (κ1) is 13.2. The van der Waals surface area contributed by atoms with Crippen LogP contribution in [0.25, 0.3) is 0 Å². The van der Waals surface area contributed by atoms with E-state index in [9.17, 15) is 9.59 Å². The topological polar surface area (TPSA) is 80.6 Å². The van der Waals surface area contributed by atoms with Gasteiger partial charge in [0.25, 0.3) is 0 Å². The minimum atomic E-state index is -0.418. The Kier molecular flexibility index (Phi) is 5.22. The van der Waals surface area contributed by atoms with Gasteiger partial charge in [-0.1, -0.05) is 0 Å². The summed E-state index contributed by atoms with van der Waals surface area (Å²) < 4.78 is 9.72. The maximum atomic E-state index is 11.1. The van der Waals surface area contributed by atoms with Crippen LogP contribution >= 0.6 is 0 Å². The van der Waals surface area contributed by atoms with Gasteiger partial charge in [0, 0.05) is 20.0 Å². The predicted octanol–water partition coefficient (Wildman–Crippen LogP) is 0.292. The monoisotopic (exact) mass is 240 g/mol. The van der Waals surface area contributed by atoms with E-state index in [1.807, 2.05) is 0 Å². The lowest BCUT2D eigenvalue weighted by Crippen LogP contribution is -2.29. The summed E-state index contributed by atoms with van der Waals surface area (Å²) in [7, 11) is 1.32. The molecule has 0 aliphatic heterocycles. The number of hydrogen-bond donors (Lipinski definition) is 2. The highest BCUT2D eigenvalue weighted by molar-refractivity contribution is 5.88. The van der Waals surface area contributed by atoms with E-state index in [2.05, 4.69) is 15.4 Å². The maximum absolute atomic E-state index is 11.1. The first-order valence-electron chi connectivity index (χ1n) is 5.24. The first-order chi connectivity index (χ1) is 8.13. The highest BCUT2D eigenvalue weighted by atomic mass is 16.5. The van der Waals surface area contributed by atoms with Crippen LogP contribution in [0.15, 0.2) is 16.7 Å². The second kappa shape index (κ2) is 6.70. The van der Waals surface area contributed by atoms with E-state index in [1.165, 1.54) is 20.3 Å². The number of esters is 1. The molecular weight excluding hydrogens is 224 g/mol. The summed E-state index contributed by atoms with van der Waals surface area (Å²) in [6, 6.07) is 1.62. The molecule has 0 saturated carbocycles. The Morgan fingerprint density at radius 3 is 2.82 bits per heavy atom. The van der Waals surface area contributed by atoms with E-state index in [0.29, 0.717) is 31.0 Å². The minimum Gasteiger partial charge on any atom is -0.467 e. The van der Waals surface area contributed by atoms with Crippen molar-refractivity contribution < 1.29 is 18.7 Å². The zero-order valence-corrected chi connectivity index (χ0v) is 9.91. The van der Waals surface area contributed by atoms with Crippen molar-refractivity contribution in [3.8, 4) is 0 Å². The number of carbonyl (C=O) groups is 2. The lowest BCUT2D eigenvalue weighted by Gasteiger charge is -2.02. The van der Waals surface area contributed by atoms with Crippen LogP contribution in [0, 0.1) is 0 Å². The Hall–Kier alpha value is -1.82. The Balaban J connectivity index is 2.25. The fourth-order valence-electron chi connectivity index (χ4n) is 1.24. The van der Waals surface area contributed by atoms with Crippen molar-refractivity contribution in [1.82, 2.24) is 10.6 Å². The van der Waals surface area contributed by atoms with Crippen LogP contribution in [0.5, 0.6) is 0 Å². The summed E-state index contributed by atoms with van der Waals surface area (Å²) in [6.07, 6.45) is 1.36. The van der Waals surface area contributed by atoms with Gasteiger partial charge in [0.15, 0.2) is 0 Å². The van der Waals surface area contributed by atoms with Gasteiger partial charge >= 0.3 is 5.97 Å². The molecule has 0 aromatic carbocycles. The molecule has 0 spiro atoms.